The number of carbonyl (C=O) groups is 2. The fourth-order valence-corrected chi connectivity index (χ4v) is 5.37. The van der Waals surface area contributed by atoms with E-state index in [0.717, 1.165) is 60.4 Å². The average Bonchev–Trinajstić information content (AvgIpc) is 3.09. The maximum absolute atomic E-state index is 13.4. The number of carbonyl (C=O) groups excluding carboxylic acids is 2. The number of likely N-dealkylation sites (N-methyl/N-ethyl adjacent to an activating group) is 1. The molecule has 3 amide bonds. The van der Waals surface area contributed by atoms with E-state index in [1.807, 2.05) is 36.4 Å². The molecular formula is C26H29N5O3. The molecule has 0 bridgehead atoms. The van der Waals surface area contributed by atoms with Crippen molar-refractivity contribution in [3.05, 3.63) is 66.0 Å². The van der Waals surface area contributed by atoms with Crippen molar-refractivity contribution in [2.45, 2.75) is 31.3 Å². The molecule has 2 aliphatic rings. The number of rotatable bonds is 6. The number of nitrogens with zero attached hydrogens (tertiary/aromatic N) is 4. The standard InChI is InChI=1S/C26H29N5O3/c1-30-24(32)26(29-25(30)33,16-18-5-3-7-21(15-18)34-2)20-9-13-31(14-10-20)17-19-6-4-8-22-23(19)28-12-11-27-22/h3-8,11-12,15,20H,9-10,13-14,16-17H2,1-2H3,(H,29,33)/t26-/m1/s1. The molecule has 2 saturated heterocycles. The van der Waals surface area contributed by atoms with Gasteiger partial charge in [-0.25, -0.2) is 4.79 Å². The number of para-hydroxylation sites is 1. The highest BCUT2D eigenvalue weighted by Gasteiger charge is 2.54. The predicted molar refractivity (Wildman–Crippen MR) is 128 cm³/mol. The van der Waals surface area contributed by atoms with Gasteiger partial charge in [0.25, 0.3) is 5.91 Å². The number of ether oxygens (including phenoxy) is 1. The van der Waals surface area contributed by atoms with Crippen LogP contribution in [0, 0.1) is 5.92 Å². The Morgan fingerprint density at radius 1 is 1.09 bits per heavy atom. The summed E-state index contributed by atoms with van der Waals surface area (Å²) in [5.41, 5.74) is 3.02. The predicted octanol–water partition coefficient (Wildman–Crippen LogP) is 3.01. The first-order valence-corrected chi connectivity index (χ1v) is 11.6. The summed E-state index contributed by atoms with van der Waals surface area (Å²) in [5.74, 6) is 0.637. The molecule has 0 saturated carbocycles. The van der Waals surface area contributed by atoms with Gasteiger partial charge in [-0.1, -0.05) is 24.3 Å². The SMILES string of the molecule is COc1cccc(C[C@]2(C3CCN(Cc4cccc5nccnc45)CC3)NC(=O)N(C)C2=O)c1. The van der Waals surface area contributed by atoms with Crippen LogP contribution in [0.15, 0.2) is 54.9 Å². The van der Waals surface area contributed by atoms with E-state index in [2.05, 4.69) is 26.3 Å². The van der Waals surface area contributed by atoms with E-state index in [9.17, 15) is 9.59 Å². The number of methoxy groups -OCH3 is 1. The molecule has 0 aliphatic carbocycles. The van der Waals surface area contributed by atoms with Gasteiger partial charge in [0.05, 0.1) is 18.1 Å². The van der Waals surface area contributed by atoms with Crippen LogP contribution < -0.4 is 10.1 Å². The molecule has 2 fully saturated rings. The zero-order chi connectivity index (χ0) is 23.7. The van der Waals surface area contributed by atoms with Crippen LogP contribution in [0.3, 0.4) is 0 Å². The molecule has 8 heteroatoms. The number of benzene rings is 2. The topological polar surface area (TPSA) is 87.7 Å². The molecule has 8 nitrogen and oxygen atoms in total. The Morgan fingerprint density at radius 2 is 1.85 bits per heavy atom. The molecule has 0 spiro atoms. The summed E-state index contributed by atoms with van der Waals surface area (Å²) in [4.78, 5) is 38.5. The number of imide groups is 1. The van der Waals surface area contributed by atoms with E-state index >= 15 is 0 Å². The van der Waals surface area contributed by atoms with Crippen LogP contribution >= 0.6 is 0 Å². The molecular weight excluding hydrogens is 430 g/mol. The van der Waals surface area contributed by atoms with Crippen molar-refractivity contribution < 1.29 is 14.3 Å². The van der Waals surface area contributed by atoms with Crippen molar-refractivity contribution in [3.63, 3.8) is 0 Å². The van der Waals surface area contributed by atoms with Crippen LogP contribution in [0.4, 0.5) is 4.79 Å². The van der Waals surface area contributed by atoms with Crippen LogP contribution in [0.5, 0.6) is 5.75 Å². The van der Waals surface area contributed by atoms with Gasteiger partial charge in [-0.2, -0.15) is 0 Å². The van der Waals surface area contributed by atoms with Gasteiger partial charge in [-0.05, 0) is 61.2 Å². The van der Waals surface area contributed by atoms with Crippen molar-refractivity contribution in [3.8, 4) is 5.75 Å². The molecule has 3 heterocycles. The molecule has 176 valence electrons. The highest BCUT2D eigenvalue weighted by atomic mass is 16.5. The fourth-order valence-electron chi connectivity index (χ4n) is 5.37. The third-order valence-corrected chi connectivity index (χ3v) is 7.20. The zero-order valence-corrected chi connectivity index (χ0v) is 19.5. The number of aromatic nitrogens is 2. The lowest BCUT2D eigenvalue weighted by Crippen LogP contribution is -2.57. The van der Waals surface area contributed by atoms with Crippen molar-refractivity contribution in [1.82, 2.24) is 25.1 Å². The highest BCUT2D eigenvalue weighted by molar-refractivity contribution is 6.07. The van der Waals surface area contributed by atoms with E-state index in [-0.39, 0.29) is 17.9 Å². The zero-order valence-electron chi connectivity index (χ0n) is 19.5. The molecule has 1 atom stereocenters. The lowest BCUT2D eigenvalue weighted by atomic mass is 9.74. The summed E-state index contributed by atoms with van der Waals surface area (Å²) >= 11 is 0. The number of hydrogen-bond donors (Lipinski definition) is 1. The first kappa shape index (κ1) is 22.3. The van der Waals surface area contributed by atoms with E-state index < -0.39 is 5.54 Å². The number of amides is 3. The Hall–Kier alpha value is -3.52. The van der Waals surface area contributed by atoms with Gasteiger partial charge in [0.15, 0.2) is 0 Å². The quantitative estimate of drug-likeness (QED) is 0.570. The maximum atomic E-state index is 13.4. The second-order valence-corrected chi connectivity index (χ2v) is 9.19. The first-order chi connectivity index (χ1) is 16.5. The van der Waals surface area contributed by atoms with Gasteiger partial charge in [0.1, 0.15) is 11.3 Å². The summed E-state index contributed by atoms with van der Waals surface area (Å²) < 4.78 is 5.37. The lowest BCUT2D eigenvalue weighted by molar-refractivity contribution is -0.133. The average molecular weight is 460 g/mol. The van der Waals surface area contributed by atoms with E-state index in [4.69, 9.17) is 4.74 Å². The molecule has 1 N–H and O–H groups in total. The monoisotopic (exact) mass is 459 g/mol. The Kier molecular flexibility index (Phi) is 5.91. The van der Waals surface area contributed by atoms with E-state index in [0.29, 0.717) is 6.42 Å². The minimum Gasteiger partial charge on any atom is -0.497 e. The molecule has 0 unspecified atom stereocenters. The smallest absolute Gasteiger partial charge is 0.324 e. The number of hydrogen-bond acceptors (Lipinski definition) is 6. The Balaban J connectivity index is 1.35. The lowest BCUT2D eigenvalue weighted by Gasteiger charge is -2.41. The number of fused-ring (bicyclic) bond motifs is 1. The first-order valence-electron chi connectivity index (χ1n) is 11.6. The minimum absolute atomic E-state index is 0.0451. The van der Waals surface area contributed by atoms with Gasteiger partial charge in [0.2, 0.25) is 0 Å². The van der Waals surface area contributed by atoms with Gasteiger partial charge < -0.3 is 10.1 Å². The van der Waals surface area contributed by atoms with Crippen LogP contribution in [-0.2, 0) is 17.8 Å². The van der Waals surface area contributed by atoms with Crippen LogP contribution in [0.2, 0.25) is 0 Å². The normalized spacial score (nSPS) is 21.8. The molecule has 2 aromatic carbocycles. The maximum Gasteiger partial charge on any atom is 0.324 e. The van der Waals surface area contributed by atoms with Crippen LogP contribution in [-0.4, -0.2) is 64.5 Å². The minimum atomic E-state index is -0.935. The molecule has 5 rings (SSSR count). The van der Waals surface area contributed by atoms with Gasteiger partial charge in [0, 0.05) is 32.4 Å². The fraction of sp³-hybridized carbons (Fsp3) is 0.385. The summed E-state index contributed by atoms with van der Waals surface area (Å²) in [7, 11) is 3.18. The Morgan fingerprint density at radius 3 is 2.59 bits per heavy atom. The van der Waals surface area contributed by atoms with Crippen LogP contribution in [0.1, 0.15) is 24.0 Å². The van der Waals surface area contributed by atoms with E-state index in [1.54, 1.807) is 26.6 Å². The summed E-state index contributed by atoms with van der Waals surface area (Å²) in [6, 6.07) is 13.5. The number of piperidine rings is 1. The van der Waals surface area contributed by atoms with E-state index in [1.165, 1.54) is 4.90 Å². The highest BCUT2D eigenvalue weighted by Crippen LogP contribution is 2.37. The third kappa shape index (κ3) is 3.98. The summed E-state index contributed by atoms with van der Waals surface area (Å²) in [5, 5.41) is 3.07. The third-order valence-electron chi connectivity index (χ3n) is 7.20. The molecule has 0 radical (unpaired) electrons. The van der Waals surface area contributed by atoms with Gasteiger partial charge in [-0.3, -0.25) is 24.6 Å². The van der Waals surface area contributed by atoms with Crippen molar-refractivity contribution in [2.24, 2.45) is 5.92 Å². The Bertz CT molecular complexity index is 1220. The second-order valence-electron chi connectivity index (χ2n) is 9.19. The van der Waals surface area contributed by atoms with Crippen molar-refractivity contribution in [1.29, 1.82) is 0 Å². The number of urea groups is 1. The molecule has 1 aromatic heterocycles. The number of likely N-dealkylation sites (tertiary alicyclic amines) is 1. The second kappa shape index (κ2) is 9.02. The molecule has 3 aromatic rings. The van der Waals surface area contributed by atoms with Gasteiger partial charge in [-0.15, -0.1) is 0 Å². The largest absolute Gasteiger partial charge is 0.497 e. The molecule has 34 heavy (non-hydrogen) atoms. The van der Waals surface area contributed by atoms with Crippen LogP contribution in [0.25, 0.3) is 11.0 Å². The Labute approximate surface area is 198 Å². The summed E-state index contributed by atoms with van der Waals surface area (Å²) in [6.45, 7) is 2.47. The van der Waals surface area contributed by atoms with Crippen molar-refractivity contribution in [2.75, 3.05) is 27.2 Å². The number of nitrogens with one attached hydrogen (secondary N) is 1. The summed E-state index contributed by atoms with van der Waals surface area (Å²) in [6.07, 6.45) is 5.53. The van der Waals surface area contributed by atoms with Crippen molar-refractivity contribution >= 4 is 23.0 Å². The van der Waals surface area contributed by atoms with Gasteiger partial charge >= 0.3 is 6.03 Å². The molecule has 2 aliphatic heterocycles.